The number of nitrogens with zero attached hydrogens (tertiary/aromatic N) is 2. The van der Waals surface area contributed by atoms with Crippen LogP contribution in [0.2, 0.25) is 0 Å². The van der Waals surface area contributed by atoms with E-state index < -0.39 is 17.6 Å². The summed E-state index contributed by atoms with van der Waals surface area (Å²) >= 11 is 0. The van der Waals surface area contributed by atoms with Crippen molar-refractivity contribution < 1.29 is 18.8 Å². The normalized spacial score (nSPS) is 14.3. The van der Waals surface area contributed by atoms with Crippen molar-refractivity contribution in [3.63, 3.8) is 0 Å². The number of piperidine rings is 1. The van der Waals surface area contributed by atoms with Crippen molar-refractivity contribution in [3.8, 4) is 0 Å². The number of nitrogens with one attached hydrogen (secondary N) is 2. The molecule has 0 aliphatic carbocycles. The van der Waals surface area contributed by atoms with Gasteiger partial charge in [-0.25, -0.2) is 4.39 Å². The van der Waals surface area contributed by atoms with Crippen LogP contribution in [0.1, 0.15) is 23.2 Å². The third-order valence-electron chi connectivity index (χ3n) is 5.14. The summed E-state index contributed by atoms with van der Waals surface area (Å²) in [4.78, 5) is 50.2. The van der Waals surface area contributed by atoms with Crippen LogP contribution >= 0.6 is 0 Å². The van der Waals surface area contributed by atoms with Gasteiger partial charge in [-0.05, 0) is 43.0 Å². The summed E-state index contributed by atoms with van der Waals surface area (Å²) in [6.07, 6.45) is 2.86. The smallest absolute Gasteiger partial charge is 0.313 e. The van der Waals surface area contributed by atoms with E-state index >= 15 is 0 Å². The maximum absolute atomic E-state index is 13.6. The molecule has 1 aromatic heterocycles. The number of aromatic nitrogens is 1. The summed E-state index contributed by atoms with van der Waals surface area (Å²) in [6.45, 7) is 1.19. The summed E-state index contributed by atoms with van der Waals surface area (Å²) in [6, 6.07) is 8.77. The second-order valence-corrected chi connectivity index (χ2v) is 7.22. The highest BCUT2D eigenvalue weighted by Crippen LogP contribution is 2.18. The van der Waals surface area contributed by atoms with Crippen molar-refractivity contribution in [2.45, 2.75) is 12.8 Å². The van der Waals surface area contributed by atoms with E-state index in [0.29, 0.717) is 25.9 Å². The van der Waals surface area contributed by atoms with Crippen LogP contribution in [0.15, 0.2) is 47.4 Å². The first kappa shape index (κ1) is 21.2. The van der Waals surface area contributed by atoms with Crippen LogP contribution in [-0.4, -0.2) is 46.8 Å². The molecule has 3 amide bonds. The molecular formula is C21H23FN4O4. The molecule has 158 valence electrons. The lowest BCUT2D eigenvalue weighted by Gasteiger charge is -2.32. The number of pyridine rings is 1. The van der Waals surface area contributed by atoms with Crippen LogP contribution < -0.4 is 16.2 Å². The Labute approximate surface area is 172 Å². The Kier molecular flexibility index (Phi) is 6.61. The van der Waals surface area contributed by atoms with E-state index in [1.165, 1.54) is 28.8 Å². The third-order valence-corrected chi connectivity index (χ3v) is 5.14. The molecule has 9 heteroatoms. The first-order chi connectivity index (χ1) is 14.4. The lowest BCUT2D eigenvalue weighted by Crippen LogP contribution is -2.44. The van der Waals surface area contributed by atoms with Gasteiger partial charge < -0.3 is 20.1 Å². The van der Waals surface area contributed by atoms with E-state index in [1.807, 2.05) is 0 Å². The Bertz CT molecular complexity index is 1010. The number of rotatable bonds is 4. The van der Waals surface area contributed by atoms with Gasteiger partial charge >= 0.3 is 11.8 Å². The van der Waals surface area contributed by atoms with Crippen LogP contribution in [0.25, 0.3) is 0 Å². The Hall–Kier alpha value is -3.49. The third kappa shape index (κ3) is 4.91. The zero-order chi connectivity index (χ0) is 21.7. The fourth-order valence-electron chi connectivity index (χ4n) is 3.33. The molecule has 8 nitrogen and oxygen atoms in total. The van der Waals surface area contributed by atoms with Gasteiger partial charge in [-0.1, -0.05) is 12.1 Å². The molecule has 2 N–H and O–H groups in total. The molecular weight excluding hydrogens is 391 g/mol. The zero-order valence-corrected chi connectivity index (χ0v) is 16.6. The van der Waals surface area contributed by atoms with Gasteiger partial charge in [0.15, 0.2) is 0 Å². The van der Waals surface area contributed by atoms with Gasteiger partial charge in [0.05, 0.1) is 5.69 Å². The highest BCUT2D eigenvalue weighted by atomic mass is 19.1. The highest BCUT2D eigenvalue weighted by molar-refractivity contribution is 6.39. The molecule has 0 spiro atoms. The summed E-state index contributed by atoms with van der Waals surface area (Å²) in [5.74, 6) is -2.61. The fraction of sp³-hybridized carbons (Fsp3) is 0.333. The lowest BCUT2D eigenvalue weighted by atomic mass is 9.96. The van der Waals surface area contributed by atoms with Gasteiger partial charge in [-0.3, -0.25) is 19.2 Å². The quantitative estimate of drug-likeness (QED) is 0.733. The molecule has 0 radical (unpaired) electrons. The number of aryl methyl sites for hydroxylation is 1. The fourth-order valence-corrected chi connectivity index (χ4v) is 3.33. The number of hydrogen-bond donors (Lipinski definition) is 2. The number of halogens is 1. The molecule has 2 aromatic rings. The number of amides is 3. The average Bonchev–Trinajstić information content (AvgIpc) is 2.75. The molecule has 30 heavy (non-hydrogen) atoms. The minimum Gasteiger partial charge on any atom is -0.348 e. The summed E-state index contributed by atoms with van der Waals surface area (Å²) in [7, 11) is 1.59. The largest absolute Gasteiger partial charge is 0.348 e. The monoisotopic (exact) mass is 414 g/mol. The van der Waals surface area contributed by atoms with Gasteiger partial charge in [0.1, 0.15) is 11.4 Å². The second-order valence-electron chi connectivity index (χ2n) is 7.22. The van der Waals surface area contributed by atoms with Crippen LogP contribution in [0.3, 0.4) is 0 Å². The van der Waals surface area contributed by atoms with Gasteiger partial charge in [0, 0.05) is 32.9 Å². The first-order valence-electron chi connectivity index (χ1n) is 9.65. The van der Waals surface area contributed by atoms with E-state index in [4.69, 9.17) is 0 Å². The van der Waals surface area contributed by atoms with Crippen LogP contribution in [0.4, 0.5) is 10.1 Å². The molecule has 0 bridgehead atoms. The molecule has 0 unspecified atom stereocenters. The number of carbonyl (C=O) groups excluding carboxylic acids is 3. The molecule has 3 rings (SSSR count). The topological polar surface area (TPSA) is 101 Å². The molecule has 1 aliphatic rings. The SMILES string of the molecule is Cn1cccc(C(=O)N2CCC(CNC(=O)C(=O)Nc3ccccc3F)CC2)c1=O. The highest BCUT2D eigenvalue weighted by Gasteiger charge is 2.26. The Morgan fingerprint density at radius 2 is 1.77 bits per heavy atom. The minimum absolute atomic E-state index is 0.0588. The Morgan fingerprint density at radius 1 is 1.07 bits per heavy atom. The molecule has 1 fully saturated rings. The Balaban J connectivity index is 1.46. The molecule has 1 aliphatic heterocycles. The number of benzene rings is 1. The van der Waals surface area contributed by atoms with Crippen LogP contribution in [0, 0.1) is 11.7 Å². The van der Waals surface area contributed by atoms with Crippen molar-refractivity contribution in [2.24, 2.45) is 13.0 Å². The van der Waals surface area contributed by atoms with Crippen LogP contribution in [-0.2, 0) is 16.6 Å². The van der Waals surface area contributed by atoms with Gasteiger partial charge in [0.25, 0.3) is 11.5 Å². The summed E-state index contributed by atoms with van der Waals surface area (Å²) in [5.41, 5.74) is -0.258. The van der Waals surface area contributed by atoms with Gasteiger partial charge in [-0.15, -0.1) is 0 Å². The lowest BCUT2D eigenvalue weighted by molar-refractivity contribution is -0.136. The number of hydrogen-bond acceptors (Lipinski definition) is 4. The number of carbonyl (C=O) groups is 3. The number of anilines is 1. The van der Waals surface area contributed by atoms with Crippen molar-refractivity contribution >= 4 is 23.4 Å². The maximum Gasteiger partial charge on any atom is 0.313 e. The summed E-state index contributed by atoms with van der Waals surface area (Å²) in [5, 5.41) is 4.79. The molecule has 0 atom stereocenters. The number of likely N-dealkylation sites (tertiary alicyclic amines) is 1. The van der Waals surface area contributed by atoms with E-state index in [-0.39, 0.29) is 35.2 Å². The van der Waals surface area contributed by atoms with Crippen LogP contribution in [0.5, 0.6) is 0 Å². The standard InChI is InChI=1S/C21H23FN4O4/c1-25-10-4-5-15(20(25)29)21(30)26-11-8-14(9-12-26)13-23-18(27)19(28)24-17-7-3-2-6-16(17)22/h2-7,10,14H,8-9,11-13H2,1H3,(H,23,27)(H,24,28). The molecule has 1 aromatic carbocycles. The van der Waals surface area contributed by atoms with Crippen molar-refractivity contribution in [1.29, 1.82) is 0 Å². The van der Waals surface area contributed by atoms with Crippen molar-refractivity contribution in [1.82, 2.24) is 14.8 Å². The van der Waals surface area contributed by atoms with E-state index in [0.717, 1.165) is 0 Å². The minimum atomic E-state index is -0.937. The molecule has 1 saturated heterocycles. The molecule has 0 saturated carbocycles. The zero-order valence-electron chi connectivity index (χ0n) is 16.6. The predicted octanol–water partition coefficient (Wildman–Crippen LogP) is 1.13. The molecule has 2 heterocycles. The summed E-state index contributed by atoms with van der Waals surface area (Å²) < 4.78 is 14.9. The van der Waals surface area contributed by atoms with Crippen molar-refractivity contribution in [2.75, 3.05) is 25.0 Å². The van der Waals surface area contributed by atoms with E-state index in [1.54, 1.807) is 30.3 Å². The van der Waals surface area contributed by atoms with Gasteiger partial charge in [0.2, 0.25) is 0 Å². The first-order valence-corrected chi connectivity index (χ1v) is 9.65. The average molecular weight is 414 g/mol. The van der Waals surface area contributed by atoms with Crippen molar-refractivity contribution in [3.05, 3.63) is 64.3 Å². The van der Waals surface area contributed by atoms with Gasteiger partial charge in [-0.2, -0.15) is 0 Å². The number of para-hydroxylation sites is 1. The predicted molar refractivity (Wildman–Crippen MR) is 108 cm³/mol. The Morgan fingerprint density at radius 3 is 2.47 bits per heavy atom. The second kappa shape index (κ2) is 9.34. The van der Waals surface area contributed by atoms with E-state index in [9.17, 15) is 23.6 Å². The maximum atomic E-state index is 13.6. The van der Waals surface area contributed by atoms with E-state index in [2.05, 4.69) is 10.6 Å².